The van der Waals surface area contributed by atoms with Crippen LogP contribution in [0.1, 0.15) is 17.7 Å². The van der Waals surface area contributed by atoms with Gasteiger partial charge in [-0.25, -0.2) is 4.98 Å². The molecule has 6 heteroatoms. The highest BCUT2D eigenvalue weighted by Gasteiger charge is 2.08. The molecule has 0 saturated carbocycles. The van der Waals surface area contributed by atoms with Gasteiger partial charge in [-0.3, -0.25) is 4.99 Å². The van der Waals surface area contributed by atoms with E-state index in [1.807, 2.05) is 12.1 Å². The number of rotatable bonds is 3. The van der Waals surface area contributed by atoms with E-state index in [0.29, 0.717) is 12.4 Å². The van der Waals surface area contributed by atoms with Crippen LogP contribution in [-0.4, -0.2) is 24.0 Å². The van der Waals surface area contributed by atoms with E-state index in [2.05, 4.69) is 39.7 Å². The number of nitrogens with one attached hydrogen (secondary N) is 2. The Hall–Kier alpha value is -1.57. The summed E-state index contributed by atoms with van der Waals surface area (Å²) in [5.41, 5.74) is 3.09. The van der Waals surface area contributed by atoms with Gasteiger partial charge >= 0.3 is 0 Å². The van der Waals surface area contributed by atoms with Crippen molar-refractivity contribution in [1.82, 2.24) is 15.6 Å². The van der Waals surface area contributed by atoms with E-state index in [0.717, 1.165) is 36.7 Å². The van der Waals surface area contributed by atoms with Crippen LogP contribution in [0, 0.1) is 6.92 Å². The van der Waals surface area contributed by atoms with Crippen molar-refractivity contribution in [2.45, 2.75) is 19.9 Å². The molecule has 0 amide bonds. The van der Waals surface area contributed by atoms with E-state index in [-0.39, 0.29) is 24.0 Å². The molecule has 0 bridgehead atoms. The van der Waals surface area contributed by atoms with Crippen LogP contribution in [0.25, 0.3) is 11.5 Å². The first-order chi connectivity index (χ1) is 9.81. The van der Waals surface area contributed by atoms with Crippen molar-refractivity contribution in [3.63, 3.8) is 0 Å². The van der Waals surface area contributed by atoms with Gasteiger partial charge in [0.1, 0.15) is 6.26 Å². The molecule has 0 aliphatic carbocycles. The SMILES string of the molecule is Cc1ccc(-c2nc(CNC3=NCCCN3)co2)cc1.I. The molecule has 0 radical (unpaired) electrons. The molecule has 1 aromatic carbocycles. The quantitative estimate of drug-likeness (QED) is 0.781. The Bertz CT molecular complexity index is 606. The molecule has 0 saturated heterocycles. The van der Waals surface area contributed by atoms with Gasteiger partial charge in [0.2, 0.25) is 5.89 Å². The monoisotopic (exact) mass is 398 g/mol. The zero-order valence-electron chi connectivity index (χ0n) is 11.9. The third kappa shape index (κ3) is 4.20. The summed E-state index contributed by atoms with van der Waals surface area (Å²) >= 11 is 0. The number of halogens is 1. The Morgan fingerprint density at radius 3 is 2.81 bits per heavy atom. The molecule has 3 rings (SSSR count). The third-order valence-corrected chi connectivity index (χ3v) is 3.18. The predicted octanol–water partition coefficient (Wildman–Crippen LogP) is 2.71. The van der Waals surface area contributed by atoms with Crippen LogP contribution in [0.3, 0.4) is 0 Å². The number of aryl methyl sites for hydroxylation is 1. The van der Waals surface area contributed by atoms with E-state index >= 15 is 0 Å². The zero-order chi connectivity index (χ0) is 13.8. The van der Waals surface area contributed by atoms with Crippen LogP contribution in [0.4, 0.5) is 0 Å². The maximum Gasteiger partial charge on any atom is 0.226 e. The molecule has 1 aliphatic rings. The molecule has 1 aliphatic heterocycles. The Morgan fingerprint density at radius 1 is 1.29 bits per heavy atom. The average molecular weight is 398 g/mol. The molecule has 0 fully saturated rings. The first-order valence-corrected chi connectivity index (χ1v) is 6.85. The molecular formula is C15H19IN4O. The third-order valence-electron chi connectivity index (χ3n) is 3.18. The minimum absolute atomic E-state index is 0. The van der Waals surface area contributed by atoms with E-state index in [1.165, 1.54) is 5.56 Å². The number of aliphatic imine (C=N–C) groups is 1. The second kappa shape index (κ2) is 7.44. The summed E-state index contributed by atoms with van der Waals surface area (Å²) in [4.78, 5) is 8.84. The van der Waals surface area contributed by atoms with Crippen molar-refractivity contribution in [1.29, 1.82) is 0 Å². The standard InChI is InChI=1S/C15H18N4O.HI/c1-11-3-5-12(6-4-11)14-19-13(10-20-14)9-18-15-16-7-2-8-17-15;/h3-6,10H,2,7-9H2,1H3,(H2,16,17,18);1H. The molecule has 2 heterocycles. The normalized spacial score (nSPS) is 13.9. The lowest BCUT2D eigenvalue weighted by molar-refractivity contribution is 0.572. The Balaban J connectivity index is 0.00000161. The average Bonchev–Trinajstić information content (AvgIpc) is 2.96. The molecule has 0 spiro atoms. The van der Waals surface area contributed by atoms with Crippen LogP contribution in [0.5, 0.6) is 0 Å². The molecule has 2 aromatic rings. The van der Waals surface area contributed by atoms with Crippen molar-refractivity contribution in [2.75, 3.05) is 13.1 Å². The summed E-state index contributed by atoms with van der Waals surface area (Å²) in [5.74, 6) is 1.50. The van der Waals surface area contributed by atoms with Gasteiger partial charge in [-0.1, -0.05) is 17.7 Å². The zero-order valence-corrected chi connectivity index (χ0v) is 14.3. The van der Waals surface area contributed by atoms with E-state index in [4.69, 9.17) is 4.42 Å². The van der Waals surface area contributed by atoms with Crippen LogP contribution in [0.2, 0.25) is 0 Å². The molecule has 2 N–H and O–H groups in total. The fourth-order valence-corrected chi connectivity index (χ4v) is 2.04. The van der Waals surface area contributed by atoms with Gasteiger partial charge < -0.3 is 15.1 Å². The van der Waals surface area contributed by atoms with Crippen LogP contribution in [0.15, 0.2) is 39.9 Å². The van der Waals surface area contributed by atoms with E-state index < -0.39 is 0 Å². The lowest BCUT2D eigenvalue weighted by Gasteiger charge is -2.14. The number of benzene rings is 1. The molecular weight excluding hydrogens is 379 g/mol. The van der Waals surface area contributed by atoms with Crippen molar-refractivity contribution < 1.29 is 4.42 Å². The number of nitrogens with zero attached hydrogens (tertiary/aromatic N) is 2. The van der Waals surface area contributed by atoms with Gasteiger partial charge in [0.15, 0.2) is 5.96 Å². The van der Waals surface area contributed by atoms with Crippen molar-refractivity contribution in [3.05, 3.63) is 41.8 Å². The highest BCUT2D eigenvalue weighted by molar-refractivity contribution is 14.0. The number of aromatic nitrogens is 1. The Morgan fingerprint density at radius 2 is 2.10 bits per heavy atom. The first kappa shape index (κ1) is 15.8. The van der Waals surface area contributed by atoms with Gasteiger partial charge in [0.25, 0.3) is 0 Å². The second-order valence-electron chi connectivity index (χ2n) is 4.87. The van der Waals surface area contributed by atoms with Crippen molar-refractivity contribution in [3.8, 4) is 11.5 Å². The Labute approximate surface area is 141 Å². The number of guanidine groups is 1. The fraction of sp³-hybridized carbons (Fsp3) is 0.333. The molecule has 21 heavy (non-hydrogen) atoms. The summed E-state index contributed by atoms with van der Waals surface area (Å²) in [6.07, 6.45) is 2.78. The summed E-state index contributed by atoms with van der Waals surface area (Å²) in [6, 6.07) is 8.15. The molecule has 0 atom stereocenters. The highest BCUT2D eigenvalue weighted by Crippen LogP contribution is 2.18. The molecule has 5 nitrogen and oxygen atoms in total. The van der Waals surface area contributed by atoms with Gasteiger partial charge in [0.05, 0.1) is 12.2 Å². The number of oxazole rings is 1. The van der Waals surface area contributed by atoms with Crippen molar-refractivity contribution >= 4 is 29.9 Å². The van der Waals surface area contributed by atoms with Crippen LogP contribution in [-0.2, 0) is 6.54 Å². The molecule has 112 valence electrons. The molecule has 1 aromatic heterocycles. The van der Waals surface area contributed by atoms with E-state index in [9.17, 15) is 0 Å². The predicted molar refractivity (Wildman–Crippen MR) is 93.9 cm³/mol. The lowest BCUT2D eigenvalue weighted by atomic mass is 10.1. The lowest BCUT2D eigenvalue weighted by Crippen LogP contribution is -2.40. The fourth-order valence-electron chi connectivity index (χ4n) is 2.04. The first-order valence-electron chi connectivity index (χ1n) is 6.85. The largest absolute Gasteiger partial charge is 0.444 e. The summed E-state index contributed by atoms with van der Waals surface area (Å²) in [7, 11) is 0. The van der Waals surface area contributed by atoms with Gasteiger partial charge in [-0.2, -0.15) is 0 Å². The second-order valence-corrected chi connectivity index (χ2v) is 4.87. The van der Waals surface area contributed by atoms with Gasteiger partial charge in [0, 0.05) is 18.7 Å². The summed E-state index contributed by atoms with van der Waals surface area (Å²) < 4.78 is 5.52. The van der Waals surface area contributed by atoms with Gasteiger partial charge in [-0.05, 0) is 25.5 Å². The minimum Gasteiger partial charge on any atom is -0.444 e. The highest BCUT2D eigenvalue weighted by atomic mass is 127. The van der Waals surface area contributed by atoms with Gasteiger partial charge in [-0.15, -0.1) is 24.0 Å². The maximum absolute atomic E-state index is 5.52. The number of hydrogen-bond acceptors (Lipinski definition) is 5. The molecule has 0 unspecified atom stereocenters. The number of hydrogen-bond donors (Lipinski definition) is 2. The van der Waals surface area contributed by atoms with Crippen molar-refractivity contribution in [2.24, 2.45) is 4.99 Å². The Kier molecular flexibility index (Phi) is 5.60. The minimum atomic E-state index is 0. The maximum atomic E-state index is 5.52. The topological polar surface area (TPSA) is 62.5 Å². The smallest absolute Gasteiger partial charge is 0.226 e. The van der Waals surface area contributed by atoms with Crippen LogP contribution < -0.4 is 10.6 Å². The van der Waals surface area contributed by atoms with E-state index in [1.54, 1.807) is 6.26 Å². The summed E-state index contributed by atoms with van der Waals surface area (Å²) in [6.45, 7) is 4.52. The summed E-state index contributed by atoms with van der Waals surface area (Å²) in [5, 5.41) is 6.44. The van der Waals surface area contributed by atoms with Crippen LogP contribution >= 0.6 is 24.0 Å².